The summed E-state index contributed by atoms with van der Waals surface area (Å²) in [5, 5.41) is 3.81. The van der Waals surface area contributed by atoms with Gasteiger partial charge in [-0.25, -0.2) is 9.59 Å². The Kier molecular flexibility index (Phi) is 9.20. The number of alkyl halides is 3. The second-order valence-electron chi connectivity index (χ2n) is 10.2. The highest BCUT2D eigenvalue weighted by atomic mass is 19.4. The minimum absolute atomic E-state index is 0.0229. The smallest absolute Gasteiger partial charge is 0.493 e. The zero-order valence-electron chi connectivity index (χ0n) is 24.4. The van der Waals surface area contributed by atoms with E-state index in [1.807, 2.05) is 0 Å². The highest BCUT2D eigenvalue weighted by Gasteiger charge is 2.50. The summed E-state index contributed by atoms with van der Waals surface area (Å²) in [6.45, 7) is 4.54. The molecule has 0 amide bonds. The number of piperazine rings is 1. The monoisotopic (exact) mass is 610 g/mol. The Balaban J connectivity index is 1.90. The highest BCUT2D eigenvalue weighted by molar-refractivity contribution is 5.99. The van der Waals surface area contributed by atoms with Crippen molar-refractivity contribution in [3.05, 3.63) is 56.2 Å². The maximum absolute atomic E-state index is 14.0. The molecule has 234 valence electrons. The quantitative estimate of drug-likeness (QED) is 0.326. The van der Waals surface area contributed by atoms with Crippen LogP contribution >= 0.6 is 0 Å². The summed E-state index contributed by atoms with van der Waals surface area (Å²) in [5.41, 5.74) is -1.26. The van der Waals surface area contributed by atoms with Crippen molar-refractivity contribution in [1.82, 2.24) is 19.4 Å². The van der Waals surface area contributed by atoms with Gasteiger partial charge in [0.2, 0.25) is 0 Å². The molecule has 1 saturated heterocycles. The number of hydroxylamine groups is 1. The number of fused-ring (bicyclic) bond motifs is 1. The summed E-state index contributed by atoms with van der Waals surface area (Å²) in [5.74, 6) is -2.98. The number of hydrogen-bond acceptors (Lipinski definition) is 11. The number of ketones is 1. The van der Waals surface area contributed by atoms with Crippen molar-refractivity contribution in [2.75, 3.05) is 56.9 Å². The minimum Gasteiger partial charge on any atom is -0.497 e. The Morgan fingerprint density at radius 1 is 1.09 bits per heavy atom. The van der Waals surface area contributed by atoms with Crippen LogP contribution in [0.1, 0.15) is 24.2 Å². The molecule has 2 aromatic rings. The standard InChI is InChI=1S/C27H33F3N6O7/c1-16(2)8-11-34-21-22(36(43-24(39)27(28,29)30)25(34)33-12-9-31-10-13-33)32(3)26(40)35(23(21)38)15-19(37)18-14-17(41-4)6-7-20(18)42-5/h6-8,14,25,31H,9-13,15H2,1-5H3. The van der Waals surface area contributed by atoms with Gasteiger partial charge in [0.25, 0.3) is 5.56 Å². The Labute approximate surface area is 244 Å². The molecule has 1 atom stereocenters. The highest BCUT2D eigenvalue weighted by Crippen LogP contribution is 2.38. The van der Waals surface area contributed by atoms with E-state index in [0.29, 0.717) is 41.6 Å². The number of benzene rings is 1. The third kappa shape index (κ3) is 6.24. The molecule has 0 spiro atoms. The number of nitrogens with zero attached hydrogens (tertiary/aromatic N) is 5. The van der Waals surface area contributed by atoms with Gasteiger partial charge in [0.15, 0.2) is 23.6 Å². The van der Waals surface area contributed by atoms with Gasteiger partial charge >= 0.3 is 17.8 Å². The van der Waals surface area contributed by atoms with Crippen molar-refractivity contribution in [2.45, 2.75) is 32.9 Å². The molecule has 43 heavy (non-hydrogen) atoms. The van der Waals surface area contributed by atoms with E-state index >= 15 is 0 Å². The van der Waals surface area contributed by atoms with Gasteiger partial charge in [-0.1, -0.05) is 11.6 Å². The third-order valence-corrected chi connectivity index (χ3v) is 7.08. The molecule has 13 nitrogen and oxygen atoms in total. The Morgan fingerprint density at radius 2 is 1.77 bits per heavy atom. The van der Waals surface area contributed by atoms with Crippen LogP contribution in [0, 0.1) is 0 Å². The maximum Gasteiger partial charge on any atom is 0.493 e. The van der Waals surface area contributed by atoms with Gasteiger partial charge in [-0.3, -0.25) is 23.6 Å². The van der Waals surface area contributed by atoms with Crippen LogP contribution in [-0.4, -0.2) is 85.2 Å². The van der Waals surface area contributed by atoms with Crippen LogP contribution in [0.4, 0.5) is 24.7 Å². The average molecular weight is 611 g/mol. The van der Waals surface area contributed by atoms with Crippen molar-refractivity contribution in [1.29, 1.82) is 0 Å². The molecule has 1 unspecified atom stereocenters. The van der Waals surface area contributed by atoms with E-state index < -0.39 is 42.0 Å². The van der Waals surface area contributed by atoms with E-state index in [1.54, 1.807) is 30.9 Å². The SMILES string of the molecule is COc1ccc(OC)c(C(=O)Cn2c(=O)c3c(n(C)c2=O)N(OC(=O)C(F)(F)F)C(N2CCNCC2)N3CC=C(C)C)c1. The molecule has 0 aliphatic carbocycles. The second-order valence-corrected chi connectivity index (χ2v) is 10.2. The van der Waals surface area contributed by atoms with Crippen molar-refractivity contribution in [3.63, 3.8) is 0 Å². The number of rotatable bonds is 9. The molecular weight excluding hydrogens is 577 g/mol. The first-order valence-corrected chi connectivity index (χ1v) is 13.3. The Hall–Kier alpha value is -4.31. The topological polar surface area (TPSA) is 128 Å². The molecule has 1 N–H and O–H groups in total. The fourth-order valence-electron chi connectivity index (χ4n) is 4.95. The van der Waals surface area contributed by atoms with Crippen LogP contribution in [-0.2, 0) is 23.2 Å². The van der Waals surface area contributed by atoms with E-state index in [1.165, 1.54) is 38.3 Å². The first-order valence-electron chi connectivity index (χ1n) is 13.3. The number of carbonyl (C=O) groups is 2. The molecule has 2 aliphatic heterocycles. The summed E-state index contributed by atoms with van der Waals surface area (Å²) in [4.78, 5) is 61.2. The zero-order valence-corrected chi connectivity index (χ0v) is 24.4. The van der Waals surface area contributed by atoms with Gasteiger partial charge < -0.3 is 24.5 Å². The van der Waals surface area contributed by atoms with Crippen molar-refractivity contribution < 1.29 is 37.1 Å². The van der Waals surface area contributed by atoms with Crippen molar-refractivity contribution >= 4 is 23.3 Å². The van der Waals surface area contributed by atoms with Crippen LogP contribution in [0.3, 0.4) is 0 Å². The maximum atomic E-state index is 14.0. The summed E-state index contributed by atoms with van der Waals surface area (Å²) in [6, 6.07) is 4.48. The molecule has 1 aromatic carbocycles. The third-order valence-electron chi connectivity index (χ3n) is 7.08. The first kappa shape index (κ1) is 31.6. The number of Topliss-reactive ketones (excluding diaryl/α,β-unsaturated/α-hetero) is 1. The fraction of sp³-hybridized carbons (Fsp3) is 0.481. The number of carbonyl (C=O) groups excluding carboxylic acids is 2. The molecule has 4 rings (SSSR count). The molecule has 2 aliphatic rings. The minimum atomic E-state index is -5.35. The van der Waals surface area contributed by atoms with E-state index in [4.69, 9.17) is 14.3 Å². The normalized spacial score (nSPS) is 17.0. The van der Waals surface area contributed by atoms with Crippen molar-refractivity contribution in [3.8, 4) is 11.5 Å². The molecule has 1 aromatic heterocycles. The number of methoxy groups -OCH3 is 2. The lowest BCUT2D eigenvalue weighted by atomic mass is 10.1. The number of nitrogens with one attached hydrogen (secondary N) is 1. The Bertz CT molecular complexity index is 1540. The lowest BCUT2D eigenvalue weighted by molar-refractivity contribution is -0.203. The van der Waals surface area contributed by atoms with E-state index in [-0.39, 0.29) is 29.4 Å². The van der Waals surface area contributed by atoms with Gasteiger partial charge in [-0.05, 0) is 32.0 Å². The molecular formula is C27H33F3N6O7. The number of halogens is 3. The molecule has 1 fully saturated rings. The summed E-state index contributed by atoms with van der Waals surface area (Å²) < 4.78 is 52.3. The van der Waals surface area contributed by atoms with Crippen molar-refractivity contribution in [2.24, 2.45) is 7.05 Å². The van der Waals surface area contributed by atoms with Gasteiger partial charge in [0.1, 0.15) is 11.5 Å². The predicted octanol–water partition coefficient (Wildman–Crippen LogP) is 1.25. The summed E-state index contributed by atoms with van der Waals surface area (Å²) >= 11 is 0. The Morgan fingerprint density at radius 3 is 2.35 bits per heavy atom. The van der Waals surface area contributed by atoms with Gasteiger partial charge in [-0.15, -0.1) is 5.06 Å². The molecule has 0 radical (unpaired) electrons. The summed E-state index contributed by atoms with van der Waals surface area (Å²) in [7, 11) is 3.98. The molecule has 0 saturated carbocycles. The van der Waals surface area contributed by atoms with Crippen LogP contribution in [0.25, 0.3) is 0 Å². The van der Waals surface area contributed by atoms with Crippen LogP contribution in [0.15, 0.2) is 39.4 Å². The van der Waals surface area contributed by atoms with Crippen LogP contribution < -0.4 is 36.0 Å². The lowest BCUT2D eigenvalue weighted by Gasteiger charge is -2.40. The van der Waals surface area contributed by atoms with Gasteiger partial charge in [-0.2, -0.15) is 13.2 Å². The number of ether oxygens (including phenoxy) is 2. The number of aromatic nitrogens is 2. The zero-order chi connectivity index (χ0) is 31.6. The van der Waals surface area contributed by atoms with Crippen LogP contribution in [0.5, 0.6) is 11.5 Å². The summed E-state index contributed by atoms with van der Waals surface area (Å²) in [6.07, 6.45) is -4.80. The van der Waals surface area contributed by atoms with E-state index in [0.717, 1.165) is 10.1 Å². The van der Waals surface area contributed by atoms with E-state index in [9.17, 15) is 32.3 Å². The fourth-order valence-corrected chi connectivity index (χ4v) is 4.95. The number of allylic oxidation sites excluding steroid dienone is 1. The second kappa shape index (κ2) is 12.5. The lowest BCUT2D eigenvalue weighted by Crippen LogP contribution is -2.61. The van der Waals surface area contributed by atoms with E-state index in [2.05, 4.69) is 5.32 Å². The number of anilines is 2. The average Bonchev–Trinajstić information content (AvgIpc) is 3.30. The van der Waals surface area contributed by atoms with Gasteiger partial charge in [0, 0.05) is 39.8 Å². The molecule has 3 heterocycles. The number of hydrogen-bond donors (Lipinski definition) is 1. The molecule has 16 heteroatoms. The molecule has 0 bridgehead atoms. The largest absolute Gasteiger partial charge is 0.497 e. The van der Waals surface area contributed by atoms with Crippen LogP contribution in [0.2, 0.25) is 0 Å². The first-order chi connectivity index (χ1) is 20.3. The van der Waals surface area contributed by atoms with Gasteiger partial charge in [0.05, 0.1) is 26.3 Å². The predicted molar refractivity (Wildman–Crippen MR) is 149 cm³/mol.